The van der Waals surface area contributed by atoms with Crippen LogP contribution in [0.3, 0.4) is 0 Å². The van der Waals surface area contributed by atoms with Crippen LogP contribution in [-0.4, -0.2) is 43.1 Å². The van der Waals surface area contributed by atoms with Gasteiger partial charge in [0.2, 0.25) is 0 Å². The Kier molecular flexibility index (Phi) is 11.4. The summed E-state index contributed by atoms with van der Waals surface area (Å²) in [5.41, 5.74) is 5.19. The van der Waals surface area contributed by atoms with E-state index in [1.807, 2.05) is 24.3 Å². The van der Waals surface area contributed by atoms with Crippen LogP contribution in [-0.2, 0) is 10.8 Å². The minimum atomic E-state index is -0.219. The smallest absolute Gasteiger partial charge is 0.270 e. The second-order valence-electron chi connectivity index (χ2n) is 12.9. The number of hydrogen-bond donors (Lipinski definition) is 1. The molecule has 1 amide bonds. The van der Waals surface area contributed by atoms with Crippen LogP contribution in [0.5, 0.6) is 17.2 Å². The molecule has 7 nitrogen and oxygen atoms in total. The molecule has 0 spiro atoms. The van der Waals surface area contributed by atoms with E-state index in [1.54, 1.807) is 43.2 Å². The van der Waals surface area contributed by atoms with Gasteiger partial charge < -0.3 is 19.5 Å². The lowest BCUT2D eigenvalue weighted by molar-refractivity contribution is 0.0944. The van der Waals surface area contributed by atoms with Crippen molar-refractivity contribution in [3.63, 3.8) is 0 Å². The molecule has 0 atom stereocenters. The lowest BCUT2D eigenvalue weighted by Gasteiger charge is -2.30. The summed E-state index contributed by atoms with van der Waals surface area (Å²) in [6.07, 6.45) is 3.67. The van der Waals surface area contributed by atoms with E-state index in [0.29, 0.717) is 41.1 Å². The topological polar surface area (TPSA) is 74.6 Å². The first-order chi connectivity index (χ1) is 21.9. The van der Waals surface area contributed by atoms with Crippen molar-refractivity contribution in [2.24, 2.45) is 0 Å². The van der Waals surface area contributed by atoms with Crippen LogP contribution in [0.15, 0.2) is 66.7 Å². The molecule has 0 fully saturated rings. The van der Waals surface area contributed by atoms with Gasteiger partial charge in [0.15, 0.2) is 0 Å². The van der Waals surface area contributed by atoms with Crippen molar-refractivity contribution in [1.29, 1.82) is 0 Å². The molecule has 3 aromatic carbocycles. The molecular formula is C38H48ClN3O4. The van der Waals surface area contributed by atoms with Crippen molar-refractivity contribution >= 4 is 17.5 Å². The molecule has 0 aliphatic rings. The van der Waals surface area contributed by atoms with Gasteiger partial charge in [-0.3, -0.25) is 4.79 Å². The zero-order valence-electron chi connectivity index (χ0n) is 28.5. The van der Waals surface area contributed by atoms with Crippen molar-refractivity contribution < 1.29 is 19.0 Å². The third kappa shape index (κ3) is 8.05. The van der Waals surface area contributed by atoms with Crippen molar-refractivity contribution in [2.75, 3.05) is 27.4 Å². The van der Waals surface area contributed by atoms with Gasteiger partial charge in [0.25, 0.3) is 5.91 Å². The van der Waals surface area contributed by atoms with E-state index >= 15 is 0 Å². The van der Waals surface area contributed by atoms with Crippen LogP contribution in [0.25, 0.3) is 16.9 Å². The first-order valence-corrected chi connectivity index (χ1v) is 16.5. The molecule has 0 unspecified atom stereocenters. The highest BCUT2D eigenvalue weighted by molar-refractivity contribution is 6.30. The maximum absolute atomic E-state index is 13.5. The summed E-state index contributed by atoms with van der Waals surface area (Å²) in [4.78, 5) is 13.5. The average Bonchev–Trinajstić information content (AvgIpc) is 3.51. The Morgan fingerprint density at radius 2 is 1.57 bits per heavy atom. The Labute approximate surface area is 279 Å². The number of ether oxygens (including phenoxy) is 3. The number of methoxy groups -OCH3 is 2. The fourth-order valence-electron chi connectivity index (χ4n) is 5.17. The highest BCUT2D eigenvalue weighted by atomic mass is 35.5. The Hall–Kier alpha value is -3.97. The van der Waals surface area contributed by atoms with Gasteiger partial charge >= 0.3 is 0 Å². The molecule has 1 N–H and O–H groups in total. The van der Waals surface area contributed by atoms with E-state index in [1.165, 1.54) is 11.1 Å². The van der Waals surface area contributed by atoms with Crippen molar-refractivity contribution in [3.05, 3.63) is 88.6 Å². The van der Waals surface area contributed by atoms with Crippen LogP contribution in [0.1, 0.15) is 88.8 Å². The number of carbonyl (C=O) groups excluding carboxylic acids is 1. The molecule has 1 heterocycles. The number of carbonyl (C=O) groups is 1. The highest BCUT2D eigenvalue weighted by Gasteiger charge is 2.27. The summed E-state index contributed by atoms with van der Waals surface area (Å²) in [6, 6.07) is 21.2. The van der Waals surface area contributed by atoms with E-state index in [-0.39, 0.29) is 16.7 Å². The first kappa shape index (κ1) is 34.9. The largest absolute Gasteiger partial charge is 0.497 e. The zero-order valence-corrected chi connectivity index (χ0v) is 29.3. The van der Waals surface area contributed by atoms with Crippen LogP contribution in [0, 0.1) is 0 Å². The maximum atomic E-state index is 13.5. The molecule has 0 saturated heterocycles. The van der Waals surface area contributed by atoms with Gasteiger partial charge in [0, 0.05) is 28.8 Å². The Balaban J connectivity index is 1.44. The molecule has 0 saturated carbocycles. The molecule has 46 heavy (non-hydrogen) atoms. The second kappa shape index (κ2) is 15.1. The fourth-order valence-corrected chi connectivity index (χ4v) is 5.29. The monoisotopic (exact) mass is 645 g/mol. The lowest BCUT2D eigenvalue weighted by Crippen LogP contribution is -2.27. The predicted octanol–water partition coefficient (Wildman–Crippen LogP) is 9.17. The third-order valence-electron chi connectivity index (χ3n) is 9.07. The lowest BCUT2D eigenvalue weighted by atomic mass is 9.76. The minimum Gasteiger partial charge on any atom is -0.497 e. The third-order valence-corrected chi connectivity index (χ3v) is 9.32. The number of nitrogens with zero attached hydrogens (tertiary/aromatic N) is 2. The van der Waals surface area contributed by atoms with Crippen LogP contribution < -0.4 is 19.5 Å². The van der Waals surface area contributed by atoms with E-state index in [9.17, 15) is 4.79 Å². The molecule has 4 aromatic rings. The fraction of sp³-hybridized carbons (Fsp3) is 0.421. The minimum absolute atomic E-state index is 0.00483. The summed E-state index contributed by atoms with van der Waals surface area (Å²) in [5.74, 6) is 1.99. The van der Waals surface area contributed by atoms with Gasteiger partial charge in [-0.05, 0) is 90.6 Å². The highest BCUT2D eigenvalue weighted by Crippen LogP contribution is 2.39. The number of hydrogen-bond acceptors (Lipinski definition) is 5. The average molecular weight is 646 g/mol. The second-order valence-corrected chi connectivity index (χ2v) is 13.3. The van der Waals surface area contributed by atoms with Gasteiger partial charge in [-0.2, -0.15) is 5.10 Å². The van der Waals surface area contributed by atoms with Gasteiger partial charge in [-0.1, -0.05) is 65.3 Å². The van der Waals surface area contributed by atoms with E-state index < -0.39 is 0 Å². The predicted molar refractivity (Wildman–Crippen MR) is 187 cm³/mol. The summed E-state index contributed by atoms with van der Waals surface area (Å²) in [6.45, 7) is 14.7. The number of nitrogens with one attached hydrogen (secondary N) is 1. The molecule has 0 aliphatic heterocycles. The summed E-state index contributed by atoms with van der Waals surface area (Å²) >= 11 is 6.14. The van der Waals surface area contributed by atoms with Gasteiger partial charge in [-0.15, -0.1) is 0 Å². The molecule has 8 heteroatoms. The Bertz CT molecular complexity index is 1630. The van der Waals surface area contributed by atoms with Crippen molar-refractivity contribution in [3.8, 4) is 34.2 Å². The number of unbranched alkanes of at least 4 members (excludes halogenated alkanes) is 1. The van der Waals surface area contributed by atoms with Crippen LogP contribution in [0.4, 0.5) is 0 Å². The zero-order chi connectivity index (χ0) is 33.5. The molecule has 0 aliphatic carbocycles. The summed E-state index contributed by atoms with van der Waals surface area (Å²) in [5, 5.41) is 8.47. The van der Waals surface area contributed by atoms with E-state index in [4.69, 9.17) is 30.9 Å². The van der Waals surface area contributed by atoms with Crippen LogP contribution >= 0.6 is 11.6 Å². The normalized spacial score (nSPS) is 11.8. The molecule has 0 bridgehead atoms. The summed E-state index contributed by atoms with van der Waals surface area (Å²) in [7, 11) is 3.20. The Morgan fingerprint density at radius 3 is 2.22 bits per heavy atom. The van der Waals surface area contributed by atoms with Gasteiger partial charge in [0.1, 0.15) is 22.9 Å². The first-order valence-electron chi connectivity index (χ1n) is 16.1. The number of benzene rings is 3. The quantitative estimate of drug-likeness (QED) is 0.131. The number of aromatic nitrogens is 2. The molecular weight excluding hydrogens is 598 g/mol. The number of halogens is 1. The number of amides is 1. The maximum Gasteiger partial charge on any atom is 0.270 e. The Morgan fingerprint density at radius 1 is 0.848 bits per heavy atom. The van der Waals surface area contributed by atoms with Gasteiger partial charge in [0.05, 0.1) is 32.2 Å². The standard InChI is InChI=1S/C38H48ClN3O4/c1-9-37(3,4)26-13-20-34(31(23-26)38(5,6)10-2)46-22-12-11-21-40-36(43)33-25-32(30-19-18-29(44-7)24-35(30)45-8)41-42(33)28-16-14-27(39)15-17-28/h13-20,23-25H,9-12,21-22H2,1-8H3,(H,40,43). The molecule has 246 valence electrons. The van der Waals surface area contributed by atoms with Gasteiger partial charge in [-0.25, -0.2) is 4.68 Å². The van der Waals surface area contributed by atoms with Crippen LogP contribution in [0.2, 0.25) is 5.02 Å². The van der Waals surface area contributed by atoms with E-state index in [2.05, 4.69) is 65.1 Å². The van der Waals surface area contributed by atoms with Crippen molar-refractivity contribution in [1.82, 2.24) is 15.1 Å². The molecule has 4 rings (SSSR count). The van der Waals surface area contributed by atoms with E-state index in [0.717, 1.165) is 42.7 Å². The number of rotatable bonds is 15. The molecule has 1 aromatic heterocycles. The molecule has 0 radical (unpaired) electrons. The summed E-state index contributed by atoms with van der Waals surface area (Å²) < 4.78 is 18.9. The van der Waals surface area contributed by atoms with Crippen molar-refractivity contribution in [2.45, 2.75) is 78.1 Å². The SMILES string of the molecule is CCC(C)(C)c1ccc(OCCCCNC(=O)c2cc(-c3ccc(OC)cc3OC)nn2-c2ccc(Cl)cc2)c(C(C)(C)CC)c1.